The van der Waals surface area contributed by atoms with Crippen LogP contribution in [-0.2, 0) is 15.6 Å². The molecule has 0 aromatic heterocycles. The molecule has 0 aliphatic heterocycles. The average Bonchev–Trinajstić information content (AvgIpc) is 3.46. The minimum Gasteiger partial charge on any atom is -0.383 e. The molecule has 1 aliphatic rings. The third kappa shape index (κ3) is 3.81. The Morgan fingerprint density at radius 3 is 2.44 bits per heavy atom. The quantitative estimate of drug-likeness (QED) is 0.744. The predicted molar refractivity (Wildman–Crippen MR) is 94.7 cm³/mol. The summed E-state index contributed by atoms with van der Waals surface area (Å²) < 4.78 is 27.7. The van der Waals surface area contributed by atoms with E-state index in [0.717, 1.165) is 12.8 Å². The molecule has 1 atom stereocenters. The molecule has 2 aromatic rings. The van der Waals surface area contributed by atoms with Crippen LogP contribution in [0.4, 0.5) is 0 Å². The first-order valence-corrected chi connectivity index (χ1v) is 9.70. The van der Waals surface area contributed by atoms with Crippen LogP contribution in [0.15, 0.2) is 59.5 Å². The second-order valence-corrected chi connectivity index (χ2v) is 8.24. The van der Waals surface area contributed by atoms with E-state index >= 15 is 0 Å². The fourth-order valence-electron chi connectivity index (χ4n) is 2.94. The van der Waals surface area contributed by atoms with Gasteiger partial charge in [-0.05, 0) is 43.4 Å². The van der Waals surface area contributed by atoms with E-state index in [1.165, 1.54) is 25.1 Å². The van der Waals surface area contributed by atoms with Crippen molar-refractivity contribution in [3.8, 4) is 0 Å². The van der Waals surface area contributed by atoms with Crippen LogP contribution >= 0.6 is 0 Å². The van der Waals surface area contributed by atoms with Crippen LogP contribution in [0.2, 0.25) is 0 Å². The first-order chi connectivity index (χ1) is 11.8. The van der Waals surface area contributed by atoms with Crippen molar-refractivity contribution in [2.24, 2.45) is 5.92 Å². The van der Waals surface area contributed by atoms with Gasteiger partial charge in [-0.3, -0.25) is 4.79 Å². The molecule has 2 aromatic carbocycles. The number of carbonyl (C=O) groups excluding carboxylic acids is 1. The van der Waals surface area contributed by atoms with Crippen molar-refractivity contribution in [1.29, 1.82) is 0 Å². The first-order valence-electron chi connectivity index (χ1n) is 8.21. The lowest BCUT2D eigenvalue weighted by Crippen LogP contribution is -2.42. The summed E-state index contributed by atoms with van der Waals surface area (Å²) >= 11 is 0. The molecule has 2 N–H and O–H groups in total. The number of ketones is 1. The number of hydrogen-bond donors (Lipinski definition) is 2. The van der Waals surface area contributed by atoms with Crippen LogP contribution in [0.5, 0.6) is 0 Å². The zero-order valence-corrected chi connectivity index (χ0v) is 14.8. The molecule has 25 heavy (non-hydrogen) atoms. The summed E-state index contributed by atoms with van der Waals surface area (Å²) in [7, 11) is -3.83. The summed E-state index contributed by atoms with van der Waals surface area (Å²) in [6.07, 6.45) is 1.74. The van der Waals surface area contributed by atoms with Gasteiger partial charge in [0.25, 0.3) is 0 Å². The SMILES string of the molecule is CC(=O)c1cccc(S(=O)(=O)NCC(O)(c2ccccc2)C2CC2)c1. The maximum atomic E-state index is 12.6. The summed E-state index contributed by atoms with van der Waals surface area (Å²) in [6, 6.07) is 15.0. The number of rotatable bonds is 7. The van der Waals surface area contributed by atoms with Crippen molar-refractivity contribution < 1.29 is 18.3 Å². The van der Waals surface area contributed by atoms with Crippen molar-refractivity contribution in [2.45, 2.75) is 30.3 Å². The largest absolute Gasteiger partial charge is 0.383 e. The number of sulfonamides is 1. The van der Waals surface area contributed by atoms with Gasteiger partial charge in [0.05, 0.1) is 4.90 Å². The van der Waals surface area contributed by atoms with Gasteiger partial charge in [-0.1, -0.05) is 42.5 Å². The normalized spacial score (nSPS) is 17.0. The number of hydrogen-bond acceptors (Lipinski definition) is 4. The number of Topliss-reactive ketones (excluding diaryl/α,β-unsaturated/α-hetero) is 1. The van der Waals surface area contributed by atoms with Gasteiger partial charge in [0.15, 0.2) is 5.78 Å². The molecule has 0 spiro atoms. The Morgan fingerprint density at radius 1 is 1.16 bits per heavy atom. The highest BCUT2D eigenvalue weighted by Gasteiger charge is 2.45. The zero-order valence-electron chi connectivity index (χ0n) is 14.0. The molecule has 1 fully saturated rings. The van der Waals surface area contributed by atoms with Gasteiger partial charge in [0.1, 0.15) is 5.60 Å². The van der Waals surface area contributed by atoms with Gasteiger partial charge in [-0.25, -0.2) is 13.1 Å². The fraction of sp³-hybridized carbons (Fsp3) is 0.316. The van der Waals surface area contributed by atoms with E-state index < -0.39 is 15.6 Å². The van der Waals surface area contributed by atoms with Crippen molar-refractivity contribution in [1.82, 2.24) is 4.72 Å². The number of benzene rings is 2. The van der Waals surface area contributed by atoms with Crippen LogP contribution in [0.3, 0.4) is 0 Å². The monoisotopic (exact) mass is 359 g/mol. The summed E-state index contributed by atoms with van der Waals surface area (Å²) in [5.74, 6) is -0.156. The Morgan fingerprint density at radius 2 is 1.84 bits per heavy atom. The highest BCUT2D eigenvalue weighted by molar-refractivity contribution is 7.89. The summed E-state index contributed by atoms with van der Waals surface area (Å²) in [5, 5.41) is 11.1. The van der Waals surface area contributed by atoms with Crippen LogP contribution in [0.1, 0.15) is 35.7 Å². The maximum Gasteiger partial charge on any atom is 0.240 e. The average molecular weight is 359 g/mol. The molecular formula is C19H21NO4S. The molecule has 0 radical (unpaired) electrons. The Balaban J connectivity index is 1.83. The van der Waals surface area contributed by atoms with E-state index in [4.69, 9.17) is 0 Å². The minimum absolute atomic E-state index is 0.0198. The first kappa shape index (κ1) is 17.8. The molecule has 1 aliphatic carbocycles. The lowest BCUT2D eigenvalue weighted by molar-refractivity contribution is 0.0185. The van der Waals surface area contributed by atoms with Gasteiger partial charge in [0.2, 0.25) is 10.0 Å². The van der Waals surface area contributed by atoms with E-state index in [-0.39, 0.29) is 23.1 Å². The lowest BCUT2D eigenvalue weighted by atomic mass is 9.89. The molecule has 0 heterocycles. The molecule has 6 heteroatoms. The smallest absolute Gasteiger partial charge is 0.240 e. The van der Waals surface area contributed by atoms with E-state index in [1.54, 1.807) is 6.07 Å². The van der Waals surface area contributed by atoms with Crippen molar-refractivity contribution in [2.75, 3.05) is 6.54 Å². The van der Waals surface area contributed by atoms with Crippen molar-refractivity contribution >= 4 is 15.8 Å². The topological polar surface area (TPSA) is 83.5 Å². The van der Waals surface area contributed by atoms with Crippen molar-refractivity contribution in [3.05, 3.63) is 65.7 Å². The molecular weight excluding hydrogens is 338 g/mol. The van der Waals surface area contributed by atoms with E-state index in [0.29, 0.717) is 11.1 Å². The van der Waals surface area contributed by atoms with Gasteiger partial charge < -0.3 is 5.11 Å². The van der Waals surface area contributed by atoms with Crippen LogP contribution < -0.4 is 4.72 Å². The third-order valence-corrected chi connectivity index (χ3v) is 6.01. The number of carbonyl (C=O) groups is 1. The fourth-order valence-corrected chi connectivity index (χ4v) is 4.06. The van der Waals surface area contributed by atoms with Gasteiger partial charge in [-0.15, -0.1) is 0 Å². The van der Waals surface area contributed by atoms with E-state index in [2.05, 4.69) is 4.72 Å². The second kappa shape index (κ2) is 6.71. The Bertz CT molecular complexity index is 875. The predicted octanol–water partition coefficient (Wildman–Crippen LogP) is 2.47. The Hall–Kier alpha value is -2.02. The standard InChI is InChI=1S/C19H21NO4S/c1-14(21)15-6-5-9-18(12-15)25(23,24)20-13-19(22,17-10-11-17)16-7-3-2-4-8-16/h2-9,12,17,20,22H,10-11,13H2,1H3. The third-order valence-electron chi connectivity index (χ3n) is 4.61. The lowest BCUT2D eigenvalue weighted by Gasteiger charge is -2.29. The van der Waals surface area contributed by atoms with Crippen LogP contribution in [0.25, 0.3) is 0 Å². The maximum absolute atomic E-state index is 12.6. The highest BCUT2D eigenvalue weighted by atomic mass is 32.2. The van der Waals surface area contributed by atoms with E-state index in [9.17, 15) is 18.3 Å². The number of aliphatic hydroxyl groups is 1. The van der Waals surface area contributed by atoms with Gasteiger partial charge in [-0.2, -0.15) is 0 Å². The van der Waals surface area contributed by atoms with Crippen LogP contribution in [0, 0.1) is 5.92 Å². The molecule has 3 rings (SSSR count). The summed E-state index contributed by atoms with van der Waals surface area (Å²) in [4.78, 5) is 11.5. The van der Waals surface area contributed by atoms with Crippen molar-refractivity contribution in [3.63, 3.8) is 0 Å². The Labute approximate surface area is 147 Å². The molecule has 0 amide bonds. The molecule has 1 saturated carbocycles. The second-order valence-electron chi connectivity index (χ2n) is 6.47. The minimum atomic E-state index is -3.83. The molecule has 0 saturated heterocycles. The summed E-state index contributed by atoms with van der Waals surface area (Å²) in [6.45, 7) is 1.29. The van der Waals surface area contributed by atoms with Gasteiger partial charge >= 0.3 is 0 Å². The van der Waals surface area contributed by atoms with Gasteiger partial charge in [0, 0.05) is 12.1 Å². The zero-order chi connectivity index (χ0) is 18.1. The Kier molecular flexibility index (Phi) is 4.77. The van der Waals surface area contributed by atoms with Crippen LogP contribution in [-0.4, -0.2) is 25.9 Å². The summed E-state index contributed by atoms with van der Waals surface area (Å²) in [5.41, 5.74) is -0.187. The molecule has 0 bridgehead atoms. The molecule has 5 nitrogen and oxygen atoms in total. The molecule has 1 unspecified atom stereocenters. The molecule has 132 valence electrons. The van der Waals surface area contributed by atoms with E-state index in [1.807, 2.05) is 30.3 Å². The highest BCUT2D eigenvalue weighted by Crippen LogP contribution is 2.45. The number of nitrogens with one attached hydrogen (secondary N) is 1.